The SMILES string of the molecule is C/C=C/Oc1ccc(Cl)c(COC2CN(C(C)(C)CCC(C(N)=O)(c3ccccc3)c3ccccc3)C2)c1Cl. The van der Waals surface area contributed by atoms with Crippen LogP contribution in [0.4, 0.5) is 0 Å². The molecular weight excluding hydrogens is 531 g/mol. The number of hydrogen-bond donors (Lipinski definition) is 1. The van der Waals surface area contributed by atoms with Crippen LogP contribution in [-0.2, 0) is 21.6 Å². The van der Waals surface area contributed by atoms with Crippen molar-refractivity contribution in [2.24, 2.45) is 5.73 Å². The van der Waals surface area contributed by atoms with Crippen LogP contribution in [0.15, 0.2) is 85.1 Å². The number of carbonyl (C=O) groups excluding carboxylic acids is 1. The number of hydrogen-bond acceptors (Lipinski definition) is 4. The van der Waals surface area contributed by atoms with Crippen molar-refractivity contribution in [2.45, 2.75) is 57.3 Å². The number of ether oxygens (including phenoxy) is 2. The predicted octanol–water partition coefficient (Wildman–Crippen LogP) is 7.14. The lowest BCUT2D eigenvalue weighted by atomic mass is 9.69. The molecule has 2 N–H and O–H groups in total. The molecule has 4 rings (SSSR count). The largest absolute Gasteiger partial charge is 0.464 e. The Morgan fingerprint density at radius 2 is 1.56 bits per heavy atom. The third-order valence-electron chi connectivity index (χ3n) is 7.71. The highest BCUT2D eigenvalue weighted by molar-refractivity contribution is 6.36. The van der Waals surface area contributed by atoms with Crippen molar-refractivity contribution in [1.29, 1.82) is 0 Å². The standard InChI is InChI=1S/C32H36Cl2N2O3/c1-4-19-38-28-16-15-27(33)26(29(28)34)22-39-25-20-36(21-25)31(2,3)17-18-32(30(35)37,23-11-7-5-8-12-23)24-13-9-6-10-14-24/h4-16,19,25H,17-18,20-22H2,1-3H3,(H2,35,37)/b19-4+. The summed E-state index contributed by atoms with van der Waals surface area (Å²) >= 11 is 12.9. The van der Waals surface area contributed by atoms with E-state index in [9.17, 15) is 4.79 Å². The molecule has 0 saturated carbocycles. The Bertz CT molecular complexity index is 1250. The Labute approximate surface area is 241 Å². The van der Waals surface area contributed by atoms with E-state index in [2.05, 4.69) is 18.7 Å². The number of nitrogens with zero attached hydrogens (tertiary/aromatic N) is 1. The number of likely N-dealkylation sites (tertiary alicyclic amines) is 1. The number of primary amides is 1. The Morgan fingerprint density at radius 1 is 0.974 bits per heavy atom. The van der Waals surface area contributed by atoms with Gasteiger partial charge in [-0.3, -0.25) is 9.69 Å². The Balaban J connectivity index is 1.42. The number of halogens is 2. The summed E-state index contributed by atoms with van der Waals surface area (Å²) in [5, 5.41) is 1.01. The first-order valence-electron chi connectivity index (χ1n) is 13.2. The van der Waals surface area contributed by atoms with Crippen LogP contribution < -0.4 is 10.5 Å². The van der Waals surface area contributed by atoms with Gasteiger partial charge in [0, 0.05) is 29.2 Å². The van der Waals surface area contributed by atoms with Crippen LogP contribution in [0.3, 0.4) is 0 Å². The van der Waals surface area contributed by atoms with Gasteiger partial charge in [-0.15, -0.1) is 0 Å². The zero-order valence-corrected chi connectivity index (χ0v) is 24.2. The molecule has 5 nitrogen and oxygen atoms in total. The van der Waals surface area contributed by atoms with E-state index in [1.54, 1.807) is 24.5 Å². The van der Waals surface area contributed by atoms with E-state index < -0.39 is 5.41 Å². The summed E-state index contributed by atoms with van der Waals surface area (Å²) in [4.78, 5) is 15.5. The van der Waals surface area contributed by atoms with Crippen LogP contribution in [0, 0.1) is 0 Å². The molecule has 0 aromatic heterocycles. The first-order valence-corrected chi connectivity index (χ1v) is 14.0. The van der Waals surface area contributed by atoms with Gasteiger partial charge in [0.1, 0.15) is 5.75 Å². The molecule has 1 amide bonds. The molecule has 0 unspecified atom stereocenters. The molecule has 0 radical (unpaired) electrons. The summed E-state index contributed by atoms with van der Waals surface area (Å²) < 4.78 is 11.7. The van der Waals surface area contributed by atoms with Crippen molar-refractivity contribution in [2.75, 3.05) is 13.1 Å². The monoisotopic (exact) mass is 566 g/mol. The minimum atomic E-state index is -0.909. The zero-order chi connectivity index (χ0) is 28.0. The molecule has 1 fully saturated rings. The third kappa shape index (κ3) is 6.33. The van der Waals surface area contributed by atoms with E-state index in [4.69, 9.17) is 38.4 Å². The number of nitrogens with two attached hydrogens (primary N) is 1. The molecule has 0 spiro atoms. The van der Waals surface area contributed by atoms with Gasteiger partial charge in [-0.25, -0.2) is 0 Å². The van der Waals surface area contributed by atoms with Crippen molar-refractivity contribution in [3.8, 4) is 5.75 Å². The maximum absolute atomic E-state index is 13.2. The molecule has 0 aliphatic carbocycles. The maximum atomic E-state index is 13.2. The molecule has 1 heterocycles. The van der Waals surface area contributed by atoms with Gasteiger partial charge in [-0.05, 0) is 56.9 Å². The summed E-state index contributed by atoms with van der Waals surface area (Å²) in [6.07, 6.45) is 4.79. The second-order valence-electron chi connectivity index (χ2n) is 10.6. The van der Waals surface area contributed by atoms with Crippen LogP contribution in [0.2, 0.25) is 10.0 Å². The zero-order valence-electron chi connectivity index (χ0n) is 22.7. The van der Waals surface area contributed by atoms with Crippen molar-refractivity contribution in [3.63, 3.8) is 0 Å². The number of carbonyl (C=O) groups is 1. The minimum absolute atomic E-state index is 0.0562. The van der Waals surface area contributed by atoms with E-state index in [1.165, 1.54) is 0 Å². The second-order valence-corrected chi connectivity index (χ2v) is 11.4. The fourth-order valence-corrected chi connectivity index (χ4v) is 5.66. The van der Waals surface area contributed by atoms with Gasteiger partial charge in [-0.1, -0.05) is 89.9 Å². The molecule has 39 heavy (non-hydrogen) atoms. The molecular formula is C32H36Cl2N2O3. The Kier molecular flexibility index (Phi) is 9.39. The number of allylic oxidation sites excluding steroid dienone is 1. The first kappa shape index (κ1) is 29.2. The highest BCUT2D eigenvalue weighted by Crippen LogP contribution is 2.40. The average molecular weight is 568 g/mol. The van der Waals surface area contributed by atoms with Gasteiger partial charge >= 0.3 is 0 Å². The summed E-state index contributed by atoms with van der Waals surface area (Å²) in [6.45, 7) is 8.14. The minimum Gasteiger partial charge on any atom is -0.464 e. The van der Waals surface area contributed by atoms with Gasteiger partial charge in [0.2, 0.25) is 5.91 Å². The molecule has 1 aliphatic heterocycles. The van der Waals surface area contributed by atoms with Crippen LogP contribution in [0.5, 0.6) is 5.75 Å². The highest BCUT2D eigenvalue weighted by atomic mass is 35.5. The molecule has 0 atom stereocenters. The molecule has 7 heteroatoms. The topological polar surface area (TPSA) is 64.8 Å². The van der Waals surface area contributed by atoms with Crippen LogP contribution >= 0.6 is 23.2 Å². The lowest BCUT2D eigenvalue weighted by Crippen LogP contribution is -2.61. The van der Waals surface area contributed by atoms with E-state index >= 15 is 0 Å². The third-order valence-corrected chi connectivity index (χ3v) is 8.48. The van der Waals surface area contributed by atoms with Crippen molar-refractivity contribution >= 4 is 29.1 Å². The van der Waals surface area contributed by atoms with E-state index in [0.717, 1.165) is 36.2 Å². The van der Waals surface area contributed by atoms with Crippen molar-refractivity contribution in [3.05, 3.63) is 112 Å². The van der Waals surface area contributed by atoms with E-state index in [1.807, 2.05) is 67.6 Å². The number of rotatable bonds is 12. The number of amides is 1. The van der Waals surface area contributed by atoms with Crippen LogP contribution in [0.25, 0.3) is 0 Å². The Morgan fingerprint density at radius 3 is 2.10 bits per heavy atom. The van der Waals surface area contributed by atoms with E-state index in [0.29, 0.717) is 28.8 Å². The molecule has 3 aromatic carbocycles. The average Bonchev–Trinajstić information content (AvgIpc) is 2.90. The molecule has 1 saturated heterocycles. The van der Waals surface area contributed by atoms with Gasteiger partial charge in [0.05, 0.1) is 29.4 Å². The molecule has 206 valence electrons. The van der Waals surface area contributed by atoms with Gasteiger partial charge in [0.15, 0.2) is 0 Å². The van der Waals surface area contributed by atoms with Crippen molar-refractivity contribution in [1.82, 2.24) is 4.90 Å². The fourth-order valence-electron chi connectivity index (χ4n) is 5.14. The van der Waals surface area contributed by atoms with Crippen LogP contribution in [0.1, 0.15) is 50.3 Å². The normalized spacial score (nSPS) is 14.9. The second kappa shape index (κ2) is 12.6. The van der Waals surface area contributed by atoms with Gasteiger partial charge < -0.3 is 15.2 Å². The van der Waals surface area contributed by atoms with Gasteiger partial charge in [0.25, 0.3) is 0 Å². The lowest BCUT2D eigenvalue weighted by molar-refractivity contribution is -0.123. The van der Waals surface area contributed by atoms with Crippen molar-refractivity contribution < 1.29 is 14.3 Å². The van der Waals surface area contributed by atoms with Crippen LogP contribution in [-0.4, -0.2) is 35.5 Å². The summed E-state index contributed by atoms with van der Waals surface area (Å²) in [7, 11) is 0. The summed E-state index contributed by atoms with van der Waals surface area (Å²) in [5.41, 5.74) is 7.63. The maximum Gasteiger partial charge on any atom is 0.232 e. The predicted molar refractivity (Wildman–Crippen MR) is 158 cm³/mol. The Hall–Kier alpha value is -2.83. The van der Waals surface area contributed by atoms with E-state index in [-0.39, 0.29) is 17.6 Å². The smallest absolute Gasteiger partial charge is 0.232 e. The first-order chi connectivity index (χ1) is 18.7. The fraction of sp³-hybridized carbons (Fsp3) is 0.344. The quantitative estimate of drug-likeness (QED) is 0.237. The number of benzene rings is 3. The summed E-state index contributed by atoms with van der Waals surface area (Å²) in [6, 6.07) is 23.2. The molecule has 0 bridgehead atoms. The summed E-state index contributed by atoms with van der Waals surface area (Å²) in [5.74, 6) is 0.207. The molecule has 1 aliphatic rings. The lowest BCUT2D eigenvalue weighted by Gasteiger charge is -2.50. The highest BCUT2D eigenvalue weighted by Gasteiger charge is 2.44. The van der Waals surface area contributed by atoms with Gasteiger partial charge in [-0.2, -0.15) is 0 Å². The molecule has 3 aromatic rings.